The summed E-state index contributed by atoms with van der Waals surface area (Å²) >= 11 is 0. The van der Waals surface area contributed by atoms with Gasteiger partial charge < -0.3 is 15.0 Å². The summed E-state index contributed by atoms with van der Waals surface area (Å²) in [6, 6.07) is 17.7. The first-order chi connectivity index (χ1) is 18.9. The van der Waals surface area contributed by atoms with Gasteiger partial charge in [-0.3, -0.25) is 0 Å². The third-order valence-electron chi connectivity index (χ3n) is 6.49. The van der Waals surface area contributed by atoms with Gasteiger partial charge in [0.05, 0.1) is 42.9 Å². The maximum Gasteiger partial charge on any atom is 0.416 e. The Morgan fingerprint density at radius 3 is 2.12 bits per heavy atom. The summed E-state index contributed by atoms with van der Waals surface area (Å²) in [6.45, 7) is 1.23. The summed E-state index contributed by atoms with van der Waals surface area (Å²) < 4.78 is 85.3. The predicted octanol–water partition coefficient (Wildman–Crippen LogP) is 6.87. The zero-order valence-corrected chi connectivity index (χ0v) is 21.5. The molecule has 0 saturated heterocycles. The standard InChI is InChI=1S/C29H25F6N3O2/c1-18-24(26(39)40-2)25(20-8-4-3-5-9-20)37-27(36-16-19-12-14-22(15-13-19)28(30,31)32)38(18)17-21-10-6-7-11-23(21)29(33,34)35/h3-15,25H,16-17H2,1-2H3,(H,36,37). The minimum absolute atomic E-state index is 0.0549. The normalized spacial score (nSPS) is 17.1. The maximum atomic E-state index is 13.8. The highest BCUT2D eigenvalue weighted by Crippen LogP contribution is 2.36. The van der Waals surface area contributed by atoms with E-state index in [0.717, 1.165) is 18.2 Å². The van der Waals surface area contributed by atoms with Gasteiger partial charge in [0.15, 0.2) is 5.96 Å². The summed E-state index contributed by atoms with van der Waals surface area (Å²) in [5.74, 6) is -0.523. The topological polar surface area (TPSA) is 53.9 Å². The fourth-order valence-corrected chi connectivity index (χ4v) is 4.46. The molecule has 0 spiro atoms. The number of rotatable bonds is 6. The van der Waals surface area contributed by atoms with E-state index in [2.05, 4.69) is 10.3 Å². The van der Waals surface area contributed by atoms with Gasteiger partial charge in [-0.25, -0.2) is 9.79 Å². The van der Waals surface area contributed by atoms with E-state index in [4.69, 9.17) is 4.74 Å². The molecule has 1 aliphatic rings. The third kappa shape index (κ3) is 6.30. The quantitative estimate of drug-likeness (QED) is 0.264. The molecule has 1 aliphatic heterocycles. The Morgan fingerprint density at radius 2 is 1.52 bits per heavy atom. The fourth-order valence-electron chi connectivity index (χ4n) is 4.46. The number of nitrogens with zero attached hydrogens (tertiary/aromatic N) is 2. The van der Waals surface area contributed by atoms with Gasteiger partial charge in [0.2, 0.25) is 0 Å². The van der Waals surface area contributed by atoms with Crippen molar-refractivity contribution in [3.05, 3.63) is 118 Å². The van der Waals surface area contributed by atoms with Gasteiger partial charge in [-0.15, -0.1) is 0 Å². The number of ether oxygens (including phenoxy) is 1. The van der Waals surface area contributed by atoms with E-state index >= 15 is 0 Å². The van der Waals surface area contributed by atoms with E-state index in [1.165, 1.54) is 42.3 Å². The highest BCUT2D eigenvalue weighted by Gasteiger charge is 2.38. The van der Waals surface area contributed by atoms with Crippen LogP contribution in [0.3, 0.4) is 0 Å². The average Bonchev–Trinajstić information content (AvgIpc) is 2.92. The summed E-state index contributed by atoms with van der Waals surface area (Å²) in [6.07, 6.45) is -9.11. The zero-order valence-electron chi connectivity index (χ0n) is 21.5. The molecule has 1 heterocycles. The van der Waals surface area contributed by atoms with Gasteiger partial charge in [-0.05, 0) is 41.8 Å². The van der Waals surface area contributed by atoms with E-state index in [-0.39, 0.29) is 30.2 Å². The molecule has 0 bridgehead atoms. The number of hydrogen-bond donors (Lipinski definition) is 1. The molecule has 0 fully saturated rings. The molecule has 11 heteroatoms. The number of nitrogens with one attached hydrogen (secondary N) is 1. The van der Waals surface area contributed by atoms with Crippen molar-refractivity contribution in [1.29, 1.82) is 0 Å². The molecule has 40 heavy (non-hydrogen) atoms. The van der Waals surface area contributed by atoms with Crippen molar-refractivity contribution in [3.8, 4) is 0 Å². The summed E-state index contributed by atoms with van der Waals surface area (Å²) in [5, 5.41) is 3.16. The van der Waals surface area contributed by atoms with E-state index < -0.39 is 35.5 Å². The second-order valence-electron chi connectivity index (χ2n) is 9.05. The molecule has 0 aromatic heterocycles. The van der Waals surface area contributed by atoms with Crippen LogP contribution in [0.15, 0.2) is 95.1 Å². The first-order valence-corrected chi connectivity index (χ1v) is 12.1. The van der Waals surface area contributed by atoms with Crippen LogP contribution in [-0.2, 0) is 35.0 Å². The summed E-state index contributed by atoms with van der Waals surface area (Å²) in [7, 11) is 1.21. The number of carbonyl (C=O) groups excluding carboxylic acids is 1. The van der Waals surface area contributed by atoms with Crippen molar-refractivity contribution in [3.63, 3.8) is 0 Å². The Kier molecular flexibility index (Phi) is 8.22. The van der Waals surface area contributed by atoms with E-state index in [9.17, 15) is 31.1 Å². The monoisotopic (exact) mass is 561 g/mol. The molecule has 3 aromatic rings. The molecule has 0 amide bonds. The number of methoxy groups -OCH3 is 1. The number of benzene rings is 3. The number of hydrogen-bond acceptors (Lipinski definition) is 3. The summed E-state index contributed by atoms with van der Waals surface area (Å²) in [5.41, 5.74) is -0.0603. The lowest BCUT2D eigenvalue weighted by Gasteiger charge is -2.38. The molecule has 1 atom stereocenters. The van der Waals surface area contributed by atoms with Gasteiger partial charge in [-0.1, -0.05) is 60.7 Å². The molecule has 1 N–H and O–H groups in total. The Balaban J connectivity index is 1.80. The molecule has 4 rings (SSSR count). The van der Waals surface area contributed by atoms with Crippen molar-refractivity contribution in [2.24, 2.45) is 4.99 Å². The number of esters is 1. The van der Waals surface area contributed by atoms with E-state index in [1.807, 2.05) is 0 Å². The molecule has 210 valence electrons. The molecule has 0 radical (unpaired) electrons. The lowest BCUT2D eigenvalue weighted by Crippen LogP contribution is -2.48. The number of carbonyl (C=O) groups is 1. The van der Waals surface area contributed by atoms with Crippen LogP contribution >= 0.6 is 0 Å². The third-order valence-corrected chi connectivity index (χ3v) is 6.49. The summed E-state index contributed by atoms with van der Waals surface area (Å²) in [4.78, 5) is 18.9. The van der Waals surface area contributed by atoms with Crippen molar-refractivity contribution < 1.29 is 35.9 Å². The van der Waals surface area contributed by atoms with Gasteiger partial charge >= 0.3 is 18.3 Å². The zero-order chi connectivity index (χ0) is 29.1. The molecule has 0 aliphatic carbocycles. The maximum absolute atomic E-state index is 13.8. The molecular formula is C29H25F6N3O2. The van der Waals surface area contributed by atoms with Crippen molar-refractivity contribution in [1.82, 2.24) is 10.2 Å². The minimum Gasteiger partial charge on any atom is -0.466 e. The van der Waals surface area contributed by atoms with Crippen LogP contribution in [0.25, 0.3) is 0 Å². The van der Waals surface area contributed by atoms with Gasteiger partial charge in [0.1, 0.15) is 0 Å². The Morgan fingerprint density at radius 1 is 0.900 bits per heavy atom. The van der Waals surface area contributed by atoms with Crippen molar-refractivity contribution in [2.75, 3.05) is 7.11 Å². The average molecular weight is 562 g/mol. The van der Waals surface area contributed by atoms with Crippen LogP contribution < -0.4 is 5.32 Å². The molecule has 0 saturated carbocycles. The van der Waals surface area contributed by atoms with Crippen molar-refractivity contribution >= 4 is 11.9 Å². The molecule has 5 nitrogen and oxygen atoms in total. The van der Waals surface area contributed by atoms with Gasteiger partial charge in [0.25, 0.3) is 0 Å². The van der Waals surface area contributed by atoms with Crippen LogP contribution in [0.5, 0.6) is 0 Å². The van der Waals surface area contributed by atoms with Crippen molar-refractivity contribution in [2.45, 2.75) is 38.4 Å². The molecule has 3 aromatic carbocycles. The Bertz CT molecular complexity index is 1410. The van der Waals surface area contributed by atoms with E-state index in [0.29, 0.717) is 16.8 Å². The van der Waals surface area contributed by atoms with Gasteiger partial charge in [-0.2, -0.15) is 26.3 Å². The molecular weight excluding hydrogens is 536 g/mol. The highest BCUT2D eigenvalue weighted by atomic mass is 19.4. The largest absolute Gasteiger partial charge is 0.466 e. The van der Waals surface area contributed by atoms with Crippen LogP contribution in [0.1, 0.15) is 40.8 Å². The Hall–Kier alpha value is -4.28. The van der Waals surface area contributed by atoms with Crippen LogP contribution in [0.4, 0.5) is 26.3 Å². The SMILES string of the molecule is COC(=O)C1=C(C)N(Cc2ccccc2C(F)(F)F)C(=NCc2ccc(C(F)(F)F)cc2)NC1c1ccccc1. The number of halogens is 6. The number of guanidine groups is 1. The predicted molar refractivity (Wildman–Crippen MR) is 137 cm³/mol. The number of aliphatic imine (C=N–C) groups is 1. The lowest BCUT2D eigenvalue weighted by atomic mass is 9.94. The van der Waals surface area contributed by atoms with Gasteiger partial charge in [0, 0.05) is 5.70 Å². The second kappa shape index (κ2) is 11.4. The van der Waals surface area contributed by atoms with Crippen LogP contribution in [0, 0.1) is 0 Å². The lowest BCUT2D eigenvalue weighted by molar-refractivity contribution is -0.139. The molecule has 1 unspecified atom stereocenters. The van der Waals surface area contributed by atoms with Crippen LogP contribution in [-0.4, -0.2) is 23.9 Å². The van der Waals surface area contributed by atoms with E-state index in [1.54, 1.807) is 37.3 Å². The second-order valence-corrected chi connectivity index (χ2v) is 9.05. The minimum atomic E-state index is -4.62. The highest BCUT2D eigenvalue weighted by molar-refractivity contribution is 5.96. The Labute approximate surface area is 226 Å². The first-order valence-electron chi connectivity index (χ1n) is 12.1. The van der Waals surface area contributed by atoms with Crippen LogP contribution in [0.2, 0.25) is 0 Å². The smallest absolute Gasteiger partial charge is 0.416 e. The number of alkyl halides is 6. The number of allylic oxidation sites excluding steroid dienone is 1. The fraction of sp³-hybridized carbons (Fsp3) is 0.241. The first kappa shape index (κ1) is 28.7.